The number of carbonyl (C=O) groups excluding carboxylic acids is 1. The molecule has 2 fully saturated rings. The summed E-state index contributed by atoms with van der Waals surface area (Å²) in [6, 6.07) is 3.47. The average Bonchev–Trinajstić information content (AvgIpc) is 3.25. The molecule has 6 nitrogen and oxygen atoms in total. The zero-order chi connectivity index (χ0) is 34.9. The fourth-order valence-corrected chi connectivity index (χ4v) is 6.63. The number of cyclic esters (lactones) is 1. The predicted molar refractivity (Wildman–Crippen MR) is 149 cm³/mol. The van der Waals surface area contributed by atoms with Crippen LogP contribution in [0, 0.1) is 17.8 Å². The minimum Gasteiger partial charge on any atom is -0.481 e. The van der Waals surface area contributed by atoms with Crippen LogP contribution in [0.15, 0.2) is 36.4 Å². The number of aliphatic carboxylic acids is 1. The molecule has 0 spiro atoms. The van der Waals surface area contributed by atoms with Crippen LogP contribution in [-0.4, -0.2) is 34.5 Å². The van der Waals surface area contributed by atoms with E-state index in [1.54, 1.807) is 0 Å². The highest BCUT2D eigenvalue weighted by Gasteiger charge is 2.43. The topological polar surface area (TPSA) is 76.1 Å². The van der Waals surface area contributed by atoms with E-state index < -0.39 is 71.3 Å². The van der Waals surface area contributed by atoms with Crippen LogP contribution in [0.2, 0.25) is 0 Å². The van der Waals surface area contributed by atoms with Crippen molar-refractivity contribution in [3.63, 3.8) is 0 Å². The summed E-state index contributed by atoms with van der Waals surface area (Å²) in [7, 11) is 0. The van der Waals surface area contributed by atoms with Gasteiger partial charge in [-0.05, 0) is 104 Å². The van der Waals surface area contributed by atoms with Gasteiger partial charge in [-0.2, -0.15) is 26.3 Å². The molecule has 1 saturated heterocycles. The first-order valence-electron chi connectivity index (χ1n) is 15.1. The lowest BCUT2D eigenvalue weighted by Crippen LogP contribution is -2.32. The Hall–Kier alpha value is -3.65. The van der Waals surface area contributed by atoms with E-state index in [0.717, 1.165) is 36.3 Å². The van der Waals surface area contributed by atoms with E-state index in [9.17, 15) is 54.2 Å². The number of benzene rings is 2. The number of hydrogen-bond acceptors (Lipinski definition) is 4. The van der Waals surface area contributed by atoms with Gasteiger partial charge in [-0.15, -0.1) is 13.2 Å². The van der Waals surface area contributed by atoms with E-state index >= 15 is 0 Å². The van der Waals surface area contributed by atoms with Gasteiger partial charge >= 0.3 is 30.8 Å². The van der Waals surface area contributed by atoms with Crippen molar-refractivity contribution in [2.75, 3.05) is 0 Å². The molecule has 2 aliphatic rings. The molecule has 3 atom stereocenters. The number of ether oxygens (including phenoxy) is 2. The molecule has 260 valence electrons. The predicted octanol–water partition coefficient (Wildman–Crippen LogP) is 9.55. The fraction of sp³-hybridized carbons (Fsp3) is 0.562. The lowest BCUT2D eigenvalue weighted by atomic mass is 9.73. The Balaban J connectivity index is 1.59. The number of amides is 1. The summed E-state index contributed by atoms with van der Waals surface area (Å²) in [4.78, 5) is 25.4. The number of nitrogens with zero attached hydrogens (tertiary/aromatic N) is 1. The fourth-order valence-electron chi connectivity index (χ4n) is 6.63. The second-order valence-electron chi connectivity index (χ2n) is 12.1. The molecule has 0 unspecified atom stereocenters. The van der Waals surface area contributed by atoms with Gasteiger partial charge in [-0.25, -0.2) is 4.79 Å². The smallest absolute Gasteiger partial charge is 0.481 e. The largest absolute Gasteiger partial charge is 0.573 e. The molecule has 15 heteroatoms. The molecule has 0 aromatic heterocycles. The SMILES string of the molecule is CC[C@H](CCc1ccc(OC(F)(F)F)cc1CN1C(=O)O[C@H](c2cc(C(F)(F)F)cc(C(F)(F)F)c2)[C@@H]1C)C1CCC(C(=O)O)CC1. The lowest BCUT2D eigenvalue weighted by molar-refractivity contribution is -0.274. The summed E-state index contributed by atoms with van der Waals surface area (Å²) in [6.45, 7) is 3.00. The molecule has 4 rings (SSSR count). The molecule has 2 aromatic rings. The van der Waals surface area contributed by atoms with Crippen LogP contribution in [0.4, 0.5) is 44.3 Å². The molecule has 1 saturated carbocycles. The summed E-state index contributed by atoms with van der Waals surface area (Å²) in [5.41, 5.74) is -2.89. The van der Waals surface area contributed by atoms with E-state index in [1.165, 1.54) is 13.0 Å². The third-order valence-corrected chi connectivity index (χ3v) is 9.18. The number of carboxylic acid groups (broad SMARTS) is 1. The van der Waals surface area contributed by atoms with E-state index in [4.69, 9.17) is 4.74 Å². The lowest BCUT2D eigenvalue weighted by Gasteiger charge is -2.32. The van der Waals surface area contributed by atoms with Crippen LogP contribution in [0.5, 0.6) is 5.75 Å². The summed E-state index contributed by atoms with van der Waals surface area (Å²) in [6.07, 6.45) is -13.5. The molecular weight excluding hydrogens is 649 g/mol. The van der Waals surface area contributed by atoms with Crippen molar-refractivity contribution in [2.45, 2.75) is 96.2 Å². The maximum atomic E-state index is 13.5. The minimum absolute atomic E-state index is 0.0392. The highest BCUT2D eigenvalue weighted by atomic mass is 19.4. The zero-order valence-corrected chi connectivity index (χ0v) is 25.4. The van der Waals surface area contributed by atoms with Crippen LogP contribution >= 0.6 is 0 Å². The second-order valence-corrected chi connectivity index (χ2v) is 12.1. The van der Waals surface area contributed by atoms with Crippen LogP contribution in [0.25, 0.3) is 0 Å². The van der Waals surface area contributed by atoms with Crippen molar-refractivity contribution >= 4 is 12.1 Å². The van der Waals surface area contributed by atoms with Crippen LogP contribution in [0.1, 0.15) is 86.3 Å². The van der Waals surface area contributed by atoms with Gasteiger partial charge in [0.2, 0.25) is 0 Å². The van der Waals surface area contributed by atoms with Gasteiger partial charge in [0.1, 0.15) is 11.9 Å². The number of hydrogen-bond donors (Lipinski definition) is 1. The van der Waals surface area contributed by atoms with Crippen LogP contribution in [0.3, 0.4) is 0 Å². The van der Waals surface area contributed by atoms with Crippen molar-refractivity contribution in [2.24, 2.45) is 17.8 Å². The Morgan fingerprint density at radius 2 is 1.53 bits per heavy atom. The number of alkyl halides is 9. The zero-order valence-electron chi connectivity index (χ0n) is 25.4. The summed E-state index contributed by atoms with van der Waals surface area (Å²) < 4.78 is 129. The molecule has 1 N–H and O–H groups in total. The highest BCUT2D eigenvalue weighted by molar-refractivity contribution is 5.71. The number of carboxylic acids is 1. The summed E-state index contributed by atoms with van der Waals surface area (Å²) >= 11 is 0. The maximum absolute atomic E-state index is 13.5. The normalized spacial score (nSPS) is 23.0. The third-order valence-electron chi connectivity index (χ3n) is 9.18. The second kappa shape index (κ2) is 13.8. The maximum Gasteiger partial charge on any atom is 0.573 e. The molecule has 1 aliphatic carbocycles. The number of rotatable bonds is 10. The van der Waals surface area contributed by atoms with Crippen molar-refractivity contribution < 1.29 is 63.7 Å². The minimum atomic E-state index is -5.12. The first-order valence-corrected chi connectivity index (χ1v) is 15.1. The summed E-state index contributed by atoms with van der Waals surface area (Å²) in [5, 5.41) is 9.31. The Morgan fingerprint density at radius 3 is 2.04 bits per heavy atom. The third kappa shape index (κ3) is 9.04. The molecule has 47 heavy (non-hydrogen) atoms. The molecule has 0 radical (unpaired) electrons. The molecule has 1 amide bonds. The summed E-state index contributed by atoms with van der Waals surface area (Å²) in [5.74, 6) is -1.34. The van der Waals surface area contributed by atoms with E-state index in [-0.39, 0.29) is 30.0 Å². The number of aryl methyl sites for hydroxylation is 1. The van der Waals surface area contributed by atoms with Crippen molar-refractivity contribution in [1.29, 1.82) is 0 Å². The Bertz CT molecular complexity index is 1400. The van der Waals surface area contributed by atoms with E-state index in [0.29, 0.717) is 43.4 Å². The Morgan fingerprint density at radius 1 is 0.936 bits per heavy atom. The monoisotopic (exact) mass is 683 g/mol. The van der Waals surface area contributed by atoms with Gasteiger partial charge in [-0.3, -0.25) is 9.69 Å². The van der Waals surface area contributed by atoms with Crippen molar-refractivity contribution in [3.05, 3.63) is 64.2 Å². The highest BCUT2D eigenvalue weighted by Crippen LogP contribution is 2.42. The number of carbonyl (C=O) groups is 2. The van der Waals surface area contributed by atoms with Gasteiger partial charge in [0.25, 0.3) is 0 Å². The molecule has 1 aliphatic heterocycles. The van der Waals surface area contributed by atoms with E-state index in [2.05, 4.69) is 4.74 Å². The number of halogens is 9. The van der Waals surface area contributed by atoms with Crippen molar-refractivity contribution in [3.8, 4) is 5.75 Å². The van der Waals surface area contributed by atoms with Gasteiger partial charge in [0.15, 0.2) is 0 Å². The standard InChI is InChI=1S/C32H34F9NO5/c1-3-18(19-6-8-21(9-7-19)28(43)44)4-5-20-10-11-26(47-32(39,40)41)14-23(20)16-42-17(2)27(46-29(42)45)22-12-24(30(33,34)35)15-25(13-22)31(36,37)38/h10-15,17-19,21,27H,3-9,16H2,1-2H3,(H,43,44)/t17-,18+,19?,21?,27-/m0/s1. The van der Waals surface area contributed by atoms with Crippen molar-refractivity contribution in [1.82, 2.24) is 4.90 Å². The van der Waals surface area contributed by atoms with Crippen LogP contribution < -0.4 is 4.74 Å². The molecule has 2 aromatic carbocycles. The molecule has 0 bridgehead atoms. The van der Waals surface area contributed by atoms with Gasteiger partial charge in [0, 0.05) is 6.54 Å². The van der Waals surface area contributed by atoms with E-state index in [1.807, 2.05) is 6.92 Å². The molecular formula is C32H34F9NO5. The van der Waals surface area contributed by atoms with Gasteiger partial charge < -0.3 is 14.6 Å². The van der Waals surface area contributed by atoms with Gasteiger partial charge in [0.05, 0.1) is 23.1 Å². The quantitative estimate of drug-likeness (QED) is 0.253. The van der Waals surface area contributed by atoms with Crippen LogP contribution in [-0.2, 0) is 34.8 Å². The molecule has 1 heterocycles. The average molecular weight is 684 g/mol. The first kappa shape index (κ1) is 36.2. The Labute approximate surface area is 264 Å². The first-order chi connectivity index (χ1) is 21.8. The Kier molecular flexibility index (Phi) is 10.7. The van der Waals surface area contributed by atoms with Gasteiger partial charge in [-0.1, -0.05) is 19.4 Å².